The predicted octanol–water partition coefficient (Wildman–Crippen LogP) is 2.34. The number of likely N-dealkylation sites (N-methyl/N-ethyl adjacent to an activating group) is 1. The number of alkyl halides is 3. The standard InChI is InChI=1S/C11H10F3NO2/c1-15-10(16)6-5-8-3-2-4-9(7-8)17-11(12,13)14/h2-7H,1H3,(H,15,16)/b6-5+. The summed E-state index contributed by atoms with van der Waals surface area (Å²) < 4.78 is 39.6. The molecule has 0 atom stereocenters. The number of carbonyl (C=O) groups is 1. The van der Waals surface area contributed by atoms with Gasteiger partial charge in [-0.15, -0.1) is 13.2 Å². The van der Waals surface area contributed by atoms with E-state index in [1.165, 1.54) is 37.4 Å². The summed E-state index contributed by atoms with van der Waals surface area (Å²) in [6.45, 7) is 0. The molecule has 0 aromatic heterocycles. The van der Waals surface area contributed by atoms with Gasteiger partial charge in [-0.25, -0.2) is 0 Å². The summed E-state index contributed by atoms with van der Waals surface area (Å²) in [7, 11) is 1.45. The van der Waals surface area contributed by atoms with E-state index in [2.05, 4.69) is 10.1 Å². The number of ether oxygens (including phenoxy) is 1. The minimum absolute atomic E-state index is 0.323. The number of carbonyl (C=O) groups excluding carboxylic acids is 1. The number of amides is 1. The zero-order valence-electron chi connectivity index (χ0n) is 8.91. The lowest BCUT2D eigenvalue weighted by atomic mass is 10.2. The van der Waals surface area contributed by atoms with Crippen LogP contribution >= 0.6 is 0 Å². The fourth-order valence-electron chi connectivity index (χ4n) is 1.07. The second-order valence-electron chi connectivity index (χ2n) is 3.07. The first-order valence-electron chi connectivity index (χ1n) is 4.66. The monoisotopic (exact) mass is 245 g/mol. The molecule has 0 saturated heterocycles. The van der Waals surface area contributed by atoms with Crippen LogP contribution in [0.4, 0.5) is 13.2 Å². The second-order valence-corrected chi connectivity index (χ2v) is 3.07. The van der Waals surface area contributed by atoms with Crippen molar-refractivity contribution in [2.24, 2.45) is 0 Å². The van der Waals surface area contributed by atoms with Gasteiger partial charge in [0.05, 0.1) is 0 Å². The molecular formula is C11H10F3NO2. The minimum Gasteiger partial charge on any atom is -0.406 e. The molecule has 1 N–H and O–H groups in total. The number of benzene rings is 1. The fraction of sp³-hybridized carbons (Fsp3) is 0.182. The number of halogens is 3. The fourth-order valence-corrected chi connectivity index (χ4v) is 1.07. The summed E-state index contributed by atoms with van der Waals surface area (Å²) in [5.41, 5.74) is 0.440. The third kappa shape index (κ3) is 5.05. The van der Waals surface area contributed by atoms with Crippen LogP contribution in [0.3, 0.4) is 0 Å². The van der Waals surface area contributed by atoms with Crippen LogP contribution < -0.4 is 10.1 Å². The molecule has 0 heterocycles. The number of hydrogen-bond acceptors (Lipinski definition) is 2. The van der Waals surface area contributed by atoms with Gasteiger partial charge in [0.15, 0.2) is 0 Å². The summed E-state index contributed by atoms with van der Waals surface area (Å²) >= 11 is 0. The van der Waals surface area contributed by atoms with Gasteiger partial charge in [-0.05, 0) is 23.8 Å². The Morgan fingerprint density at radius 3 is 2.71 bits per heavy atom. The summed E-state index contributed by atoms with van der Waals surface area (Å²) in [6.07, 6.45) is -2.11. The molecule has 6 heteroatoms. The van der Waals surface area contributed by atoms with Crippen LogP contribution in [0.25, 0.3) is 6.08 Å². The van der Waals surface area contributed by atoms with Crippen molar-refractivity contribution in [2.45, 2.75) is 6.36 Å². The van der Waals surface area contributed by atoms with E-state index in [4.69, 9.17) is 0 Å². The molecule has 1 rings (SSSR count). The van der Waals surface area contributed by atoms with Crippen molar-refractivity contribution >= 4 is 12.0 Å². The van der Waals surface area contributed by atoms with Crippen molar-refractivity contribution in [3.63, 3.8) is 0 Å². The van der Waals surface area contributed by atoms with Crippen LogP contribution in [-0.2, 0) is 4.79 Å². The molecule has 1 amide bonds. The lowest BCUT2D eigenvalue weighted by Gasteiger charge is -2.08. The molecule has 1 aromatic rings. The van der Waals surface area contributed by atoms with Crippen LogP contribution in [0, 0.1) is 0 Å². The molecule has 0 spiro atoms. The molecule has 0 fully saturated rings. The van der Waals surface area contributed by atoms with Gasteiger partial charge >= 0.3 is 6.36 Å². The molecule has 17 heavy (non-hydrogen) atoms. The van der Waals surface area contributed by atoms with Gasteiger partial charge in [0.25, 0.3) is 0 Å². The highest BCUT2D eigenvalue weighted by molar-refractivity contribution is 5.91. The topological polar surface area (TPSA) is 38.3 Å². The molecule has 0 bridgehead atoms. The molecule has 1 aromatic carbocycles. The maximum Gasteiger partial charge on any atom is 0.573 e. The third-order valence-corrected chi connectivity index (χ3v) is 1.77. The van der Waals surface area contributed by atoms with Gasteiger partial charge in [0.2, 0.25) is 5.91 Å². The molecule has 0 aliphatic rings. The quantitative estimate of drug-likeness (QED) is 0.830. The van der Waals surface area contributed by atoms with E-state index in [9.17, 15) is 18.0 Å². The molecule has 92 valence electrons. The predicted molar refractivity (Wildman–Crippen MR) is 56.2 cm³/mol. The van der Waals surface area contributed by atoms with Crippen molar-refractivity contribution in [3.8, 4) is 5.75 Å². The Balaban J connectivity index is 2.79. The van der Waals surface area contributed by atoms with E-state index in [0.29, 0.717) is 5.56 Å². The van der Waals surface area contributed by atoms with Crippen LogP contribution in [0.2, 0.25) is 0 Å². The van der Waals surface area contributed by atoms with E-state index in [0.717, 1.165) is 0 Å². The summed E-state index contributed by atoms with van der Waals surface area (Å²) in [5.74, 6) is -0.663. The molecule has 3 nitrogen and oxygen atoms in total. The Morgan fingerprint density at radius 2 is 2.12 bits per heavy atom. The Bertz CT molecular complexity index is 427. The number of nitrogens with one attached hydrogen (secondary N) is 1. The zero-order valence-corrected chi connectivity index (χ0v) is 8.91. The molecule has 0 aliphatic heterocycles. The largest absolute Gasteiger partial charge is 0.573 e. The van der Waals surface area contributed by atoms with Crippen LogP contribution in [0.5, 0.6) is 5.75 Å². The first kappa shape index (κ1) is 13.1. The highest BCUT2D eigenvalue weighted by Crippen LogP contribution is 2.23. The first-order valence-corrected chi connectivity index (χ1v) is 4.66. The number of hydrogen-bond donors (Lipinski definition) is 1. The van der Waals surface area contributed by atoms with E-state index >= 15 is 0 Å². The van der Waals surface area contributed by atoms with Gasteiger partial charge in [-0.1, -0.05) is 12.1 Å². The van der Waals surface area contributed by atoms with E-state index < -0.39 is 6.36 Å². The van der Waals surface area contributed by atoms with Gasteiger partial charge in [0.1, 0.15) is 5.75 Å². The van der Waals surface area contributed by atoms with Crippen molar-refractivity contribution < 1.29 is 22.7 Å². The Hall–Kier alpha value is -1.98. The zero-order chi connectivity index (χ0) is 12.9. The van der Waals surface area contributed by atoms with Crippen molar-refractivity contribution in [3.05, 3.63) is 35.9 Å². The van der Waals surface area contributed by atoms with E-state index in [1.54, 1.807) is 6.07 Å². The van der Waals surface area contributed by atoms with E-state index in [-0.39, 0.29) is 11.7 Å². The average Bonchev–Trinajstić information content (AvgIpc) is 2.24. The smallest absolute Gasteiger partial charge is 0.406 e. The second kappa shape index (κ2) is 5.38. The molecule has 0 saturated carbocycles. The highest BCUT2D eigenvalue weighted by atomic mass is 19.4. The third-order valence-electron chi connectivity index (χ3n) is 1.77. The normalized spacial score (nSPS) is 11.5. The Morgan fingerprint density at radius 1 is 1.41 bits per heavy atom. The average molecular weight is 245 g/mol. The van der Waals surface area contributed by atoms with Crippen molar-refractivity contribution in [2.75, 3.05) is 7.05 Å². The Labute approximate surface area is 95.9 Å². The van der Waals surface area contributed by atoms with Gasteiger partial charge in [0, 0.05) is 13.1 Å². The molecule has 0 aliphatic carbocycles. The van der Waals surface area contributed by atoms with Gasteiger partial charge in [-0.3, -0.25) is 4.79 Å². The minimum atomic E-state index is -4.72. The lowest BCUT2D eigenvalue weighted by Crippen LogP contribution is -2.17. The lowest BCUT2D eigenvalue weighted by molar-refractivity contribution is -0.274. The van der Waals surface area contributed by atoms with Crippen LogP contribution in [-0.4, -0.2) is 19.3 Å². The van der Waals surface area contributed by atoms with E-state index in [1.807, 2.05) is 0 Å². The van der Waals surface area contributed by atoms with Crippen molar-refractivity contribution in [1.29, 1.82) is 0 Å². The summed E-state index contributed by atoms with van der Waals surface area (Å²) in [5, 5.41) is 2.35. The molecule has 0 unspecified atom stereocenters. The van der Waals surface area contributed by atoms with Crippen LogP contribution in [0.1, 0.15) is 5.56 Å². The SMILES string of the molecule is CNC(=O)/C=C/c1cccc(OC(F)(F)F)c1. The number of rotatable bonds is 3. The van der Waals surface area contributed by atoms with Gasteiger partial charge < -0.3 is 10.1 Å². The van der Waals surface area contributed by atoms with Crippen LogP contribution in [0.15, 0.2) is 30.3 Å². The Kier molecular flexibility index (Phi) is 4.14. The maximum absolute atomic E-state index is 11.9. The summed E-state index contributed by atoms with van der Waals surface area (Å²) in [6, 6.07) is 5.34. The summed E-state index contributed by atoms with van der Waals surface area (Å²) in [4.78, 5) is 10.9. The van der Waals surface area contributed by atoms with Crippen molar-refractivity contribution in [1.82, 2.24) is 5.32 Å². The highest BCUT2D eigenvalue weighted by Gasteiger charge is 2.30. The maximum atomic E-state index is 11.9. The first-order chi connectivity index (χ1) is 7.90. The molecular weight excluding hydrogens is 235 g/mol. The van der Waals surface area contributed by atoms with Gasteiger partial charge in [-0.2, -0.15) is 0 Å². The molecule has 0 radical (unpaired) electrons.